The van der Waals surface area contributed by atoms with Crippen LogP contribution in [0.5, 0.6) is 0 Å². The molecule has 0 aliphatic rings. The lowest BCUT2D eigenvalue weighted by Gasteiger charge is -2.12. The largest absolute Gasteiger partial charge is 0.395 e. The third-order valence-electron chi connectivity index (χ3n) is 2.66. The molecule has 4 nitrogen and oxygen atoms in total. The molecule has 1 rings (SSSR count). The van der Waals surface area contributed by atoms with E-state index in [2.05, 4.69) is 16.6 Å². The van der Waals surface area contributed by atoms with Gasteiger partial charge in [0.05, 0.1) is 6.61 Å². The highest BCUT2D eigenvalue weighted by Gasteiger charge is 2.20. The highest BCUT2D eigenvalue weighted by molar-refractivity contribution is 7.89. The summed E-state index contributed by atoms with van der Waals surface area (Å²) < 4.78 is 40.2. The number of hydrogen-bond donors (Lipinski definition) is 2. The summed E-state index contributed by atoms with van der Waals surface area (Å²) in [6, 6.07) is 3.46. The van der Waals surface area contributed by atoms with Gasteiger partial charge >= 0.3 is 0 Å². The third-order valence-corrected chi connectivity index (χ3v) is 4.28. The van der Waals surface area contributed by atoms with Gasteiger partial charge in [0.1, 0.15) is 10.7 Å². The highest BCUT2D eigenvalue weighted by atomic mass is 32.2. The second-order valence-electron chi connectivity index (χ2n) is 4.35. The third kappa shape index (κ3) is 4.60. The molecule has 1 unspecified atom stereocenters. The monoisotopic (exact) mass is 299 g/mol. The van der Waals surface area contributed by atoms with Crippen molar-refractivity contribution in [2.75, 3.05) is 6.61 Å². The summed E-state index contributed by atoms with van der Waals surface area (Å²) in [6.45, 7) is 3.48. The Balaban J connectivity index is 3.02. The van der Waals surface area contributed by atoms with Crippen LogP contribution in [-0.4, -0.2) is 26.2 Å². The number of aliphatic hydroxyl groups excluding tert-OH is 1. The number of halogens is 1. The molecule has 0 bridgehead atoms. The fourth-order valence-corrected chi connectivity index (χ4v) is 2.81. The standard InChI is InChI=1S/C14H18FNO3S/c1-3-11(2)16-20(18,19)14-8-7-12(10-13(14)15)6-4-5-9-17/h7-8,10-11,16-17H,3,5,9H2,1-2H3. The normalized spacial score (nSPS) is 12.6. The molecule has 1 aromatic carbocycles. The average molecular weight is 299 g/mol. The van der Waals surface area contributed by atoms with Gasteiger partial charge < -0.3 is 5.11 Å². The fourth-order valence-electron chi connectivity index (χ4n) is 1.43. The number of rotatable bonds is 5. The van der Waals surface area contributed by atoms with Crippen LogP contribution in [0.25, 0.3) is 0 Å². The lowest BCUT2D eigenvalue weighted by molar-refractivity contribution is 0.305. The van der Waals surface area contributed by atoms with Crippen LogP contribution in [0.4, 0.5) is 4.39 Å². The predicted octanol–water partition coefficient (Wildman–Crippen LogP) is 1.64. The molecule has 0 spiro atoms. The summed E-state index contributed by atoms with van der Waals surface area (Å²) in [5, 5.41) is 8.59. The van der Waals surface area contributed by atoms with Gasteiger partial charge in [-0.3, -0.25) is 0 Å². The van der Waals surface area contributed by atoms with Crippen molar-refractivity contribution in [3.05, 3.63) is 29.6 Å². The van der Waals surface area contributed by atoms with Crippen molar-refractivity contribution in [3.8, 4) is 11.8 Å². The Kier molecular flexibility index (Phi) is 6.14. The SMILES string of the molecule is CCC(C)NS(=O)(=O)c1ccc(C#CCCO)cc1F. The Morgan fingerprint density at radius 2 is 2.15 bits per heavy atom. The molecule has 1 atom stereocenters. The van der Waals surface area contributed by atoms with Gasteiger partial charge in [-0.1, -0.05) is 18.8 Å². The first-order valence-corrected chi connectivity index (χ1v) is 7.80. The molecule has 0 aliphatic heterocycles. The van der Waals surface area contributed by atoms with Crippen LogP contribution in [0.2, 0.25) is 0 Å². The van der Waals surface area contributed by atoms with E-state index in [-0.39, 0.29) is 24.0 Å². The lowest BCUT2D eigenvalue weighted by Crippen LogP contribution is -2.32. The molecule has 1 aromatic rings. The zero-order chi connectivity index (χ0) is 15.2. The number of aliphatic hydroxyl groups is 1. The van der Waals surface area contributed by atoms with Gasteiger partial charge in [-0.05, 0) is 31.5 Å². The molecule has 6 heteroatoms. The van der Waals surface area contributed by atoms with Gasteiger partial charge in [0.15, 0.2) is 0 Å². The molecule has 20 heavy (non-hydrogen) atoms. The highest BCUT2D eigenvalue weighted by Crippen LogP contribution is 2.16. The van der Waals surface area contributed by atoms with Crippen LogP contribution in [0.15, 0.2) is 23.1 Å². The zero-order valence-electron chi connectivity index (χ0n) is 11.5. The van der Waals surface area contributed by atoms with Crippen LogP contribution in [-0.2, 0) is 10.0 Å². The fraction of sp³-hybridized carbons (Fsp3) is 0.429. The Hall–Kier alpha value is -1.42. The van der Waals surface area contributed by atoms with Crippen molar-refractivity contribution >= 4 is 10.0 Å². The molecule has 0 aromatic heterocycles. The van der Waals surface area contributed by atoms with Gasteiger partial charge in [-0.15, -0.1) is 0 Å². The molecule has 0 amide bonds. The van der Waals surface area contributed by atoms with E-state index >= 15 is 0 Å². The second-order valence-corrected chi connectivity index (χ2v) is 6.03. The van der Waals surface area contributed by atoms with E-state index in [1.54, 1.807) is 6.92 Å². The minimum absolute atomic E-state index is 0.0687. The molecule has 0 saturated heterocycles. The first kappa shape index (κ1) is 16.6. The maximum atomic E-state index is 13.9. The van der Waals surface area contributed by atoms with Gasteiger partial charge in [0.2, 0.25) is 10.0 Å². The van der Waals surface area contributed by atoms with Crippen LogP contribution < -0.4 is 4.72 Å². The van der Waals surface area contributed by atoms with E-state index in [1.165, 1.54) is 12.1 Å². The van der Waals surface area contributed by atoms with Crippen molar-refractivity contribution in [2.24, 2.45) is 0 Å². The van der Waals surface area contributed by atoms with Crippen molar-refractivity contribution in [3.63, 3.8) is 0 Å². The van der Waals surface area contributed by atoms with E-state index in [4.69, 9.17) is 5.11 Å². The molecule has 0 radical (unpaired) electrons. The number of nitrogens with one attached hydrogen (secondary N) is 1. The number of benzene rings is 1. The molecule has 0 heterocycles. The second kappa shape index (κ2) is 7.39. The van der Waals surface area contributed by atoms with E-state index < -0.39 is 15.8 Å². The van der Waals surface area contributed by atoms with Crippen LogP contribution in [0.3, 0.4) is 0 Å². The molecule has 0 saturated carbocycles. The minimum atomic E-state index is -3.86. The first-order chi connectivity index (χ1) is 9.40. The van der Waals surface area contributed by atoms with E-state index in [0.29, 0.717) is 12.0 Å². The van der Waals surface area contributed by atoms with E-state index in [9.17, 15) is 12.8 Å². The quantitative estimate of drug-likeness (QED) is 0.812. The topological polar surface area (TPSA) is 66.4 Å². The smallest absolute Gasteiger partial charge is 0.243 e. The first-order valence-electron chi connectivity index (χ1n) is 6.32. The van der Waals surface area contributed by atoms with Crippen molar-refractivity contribution in [2.45, 2.75) is 37.6 Å². The number of hydrogen-bond acceptors (Lipinski definition) is 3. The summed E-state index contributed by atoms with van der Waals surface area (Å²) in [7, 11) is -3.86. The van der Waals surface area contributed by atoms with Gasteiger partial charge in [-0.2, -0.15) is 0 Å². The molecule has 0 aliphatic carbocycles. The molecule has 0 fully saturated rings. The summed E-state index contributed by atoms with van der Waals surface area (Å²) in [5.41, 5.74) is 0.374. The summed E-state index contributed by atoms with van der Waals surface area (Å²) in [4.78, 5) is -0.384. The summed E-state index contributed by atoms with van der Waals surface area (Å²) >= 11 is 0. The Morgan fingerprint density at radius 3 is 2.70 bits per heavy atom. The molecular formula is C14H18FNO3S. The van der Waals surface area contributed by atoms with Crippen molar-refractivity contribution in [1.82, 2.24) is 4.72 Å². The van der Waals surface area contributed by atoms with Gasteiger partial charge in [-0.25, -0.2) is 17.5 Å². The van der Waals surface area contributed by atoms with Crippen LogP contribution >= 0.6 is 0 Å². The molecule has 2 N–H and O–H groups in total. The summed E-state index contributed by atoms with van der Waals surface area (Å²) in [6.07, 6.45) is 0.906. The molecule has 110 valence electrons. The number of sulfonamides is 1. The van der Waals surface area contributed by atoms with E-state index in [1.807, 2.05) is 6.92 Å². The Bertz CT molecular complexity index is 617. The average Bonchev–Trinajstić information content (AvgIpc) is 2.38. The Morgan fingerprint density at radius 1 is 1.45 bits per heavy atom. The maximum Gasteiger partial charge on any atom is 0.243 e. The maximum absolute atomic E-state index is 13.9. The Labute approximate surface area is 119 Å². The van der Waals surface area contributed by atoms with Crippen molar-refractivity contribution < 1.29 is 17.9 Å². The van der Waals surface area contributed by atoms with Crippen LogP contribution in [0.1, 0.15) is 32.3 Å². The predicted molar refractivity (Wildman–Crippen MR) is 75.1 cm³/mol. The van der Waals surface area contributed by atoms with Gasteiger partial charge in [0.25, 0.3) is 0 Å². The van der Waals surface area contributed by atoms with E-state index in [0.717, 1.165) is 6.07 Å². The summed E-state index contributed by atoms with van der Waals surface area (Å²) in [5.74, 6) is 4.46. The van der Waals surface area contributed by atoms with Crippen molar-refractivity contribution in [1.29, 1.82) is 0 Å². The molecular weight excluding hydrogens is 281 g/mol. The van der Waals surface area contributed by atoms with Crippen LogP contribution in [0, 0.1) is 17.7 Å². The lowest BCUT2D eigenvalue weighted by atomic mass is 10.2. The van der Waals surface area contributed by atoms with Gasteiger partial charge in [0, 0.05) is 18.0 Å². The zero-order valence-corrected chi connectivity index (χ0v) is 12.3. The minimum Gasteiger partial charge on any atom is -0.395 e.